The van der Waals surface area contributed by atoms with E-state index >= 15 is 0 Å². The van der Waals surface area contributed by atoms with E-state index in [9.17, 15) is 18.4 Å². The molecule has 3 aromatic carbocycles. The van der Waals surface area contributed by atoms with Gasteiger partial charge in [0.15, 0.2) is 5.16 Å². The van der Waals surface area contributed by atoms with Gasteiger partial charge in [0.1, 0.15) is 23.4 Å². The molecule has 0 aliphatic rings. The average molecular weight is 563 g/mol. The van der Waals surface area contributed by atoms with Gasteiger partial charge in [-0.3, -0.25) is 9.59 Å². The fraction of sp³-hybridized carbons (Fsp3) is 0.200. The van der Waals surface area contributed by atoms with E-state index in [0.717, 1.165) is 23.1 Å². The predicted octanol–water partition coefficient (Wildman–Crippen LogP) is 5.88. The molecule has 2 amide bonds. The molecule has 1 N–H and O–H groups in total. The maximum atomic E-state index is 13.8. The largest absolute Gasteiger partial charge is 0.497 e. The molecular formula is C30H28F2N4O3S. The molecule has 0 bridgehead atoms. The number of nitrogens with zero attached hydrogens (tertiary/aromatic N) is 3. The minimum atomic E-state index is -1.12. The number of carbonyl (C=O) groups excluding carboxylic acids is 2. The lowest BCUT2D eigenvalue weighted by Crippen LogP contribution is -2.41. The highest BCUT2D eigenvalue weighted by Crippen LogP contribution is 2.28. The summed E-state index contributed by atoms with van der Waals surface area (Å²) < 4.78 is 32.7. The fourth-order valence-electron chi connectivity index (χ4n) is 4.08. The van der Waals surface area contributed by atoms with Crippen molar-refractivity contribution in [2.24, 2.45) is 0 Å². The van der Waals surface area contributed by atoms with Crippen molar-refractivity contribution in [1.29, 1.82) is 0 Å². The Morgan fingerprint density at radius 1 is 0.900 bits per heavy atom. The Morgan fingerprint density at radius 3 is 2.05 bits per heavy atom. The van der Waals surface area contributed by atoms with Crippen LogP contribution < -0.4 is 10.1 Å². The summed E-state index contributed by atoms with van der Waals surface area (Å²) in [6.45, 7) is 3.69. The fourth-order valence-corrected chi connectivity index (χ4v) is 4.92. The van der Waals surface area contributed by atoms with Crippen LogP contribution in [0.25, 0.3) is 0 Å². The van der Waals surface area contributed by atoms with Crippen LogP contribution in [0.3, 0.4) is 0 Å². The van der Waals surface area contributed by atoms with Gasteiger partial charge >= 0.3 is 0 Å². The lowest BCUT2D eigenvalue weighted by molar-refractivity contribution is -0.137. The van der Waals surface area contributed by atoms with E-state index in [-0.39, 0.29) is 18.2 Å². The van der Waals surface area contributed by atoms with E-state index in [4.69, 9.17) is 4.74 Å². The van der Waals surface area contributed by atoms with E-state index < -0.39 is 23.6 Å². The van der Waals surface area contributed by atoms with Gasteiger partial charge in [-0.25, -0.2) is 18.7 Å². The zero-order chi connectivity index (χ0) is 28.6. The standard InChI is InChI=1S/C30H28F2N4O3S/c1-19-16-20(2)34-30(33-19)40-18-27(37)36(17-21-4-8-23(31)9-5-21)28(22-6-10-24(32)11-7-22)29(38)35-25-12-14-26(39-3)15-13-25/h4-16,28H,17-18H2,1-3H3,(H,35,38). The summed E-state index contributed by atoms with van der Waals surface area (Å²) >= 11 is 1.15. The minimum absolute atomic E-state index is 0.00541. The van der Waals surface area contributed by atoms with Crippen LogP contribution in [0.1, 0.15) is 28.6 Å². The topological polar surface area (TPSA) is 84.4 Å². The molecule has 0 saturated carbocycles. The number of hydrogen-bond acceptors (Lipinski definition) is 6. The molecule has 4 aromatic rings. The highest BCUT2D eigenvalue weighted by Gasteiger charge is 2.32. The lowest BCUT2D eigenvalue weighted by Gasteiger charge is -2.31. The number of thioether (sulfide) groups is 1. The van der Waals surface area contributed by atoms with Crippen molar-refractivity contribution < 1.29 is 23.1 Å². The van der Waals surface area contributed by atoms with Crippen molar-refractivity contribution in [3.63, 3.8) is 0 Å². The van der Waals surface area contributed by atoms with Gasteiger partial charge in [-0.15, -0.1) is 0 Å². The van der Waals surface area contributed by atoms with Crippen LogP contribution in [-0.2, 0) is 16.1 Å². The van der Waals surface area contributed by atoms with Gasteiger partial charge in [-0.05, 0) is 79.6 Å². The summed E-state index contributed by atoms with van der Waals surface area (Å²) in [7, 11) is 1.54. The number of rotatable bonds is 10. The van der Waals surface area contributed by atoms with Crippen LogP contribution in [0.15, 0.2) is 84.0 Å². The molecule has 0 aliphatic carbocycles. The third-order valence-electron chi connectivity index (χ3n) is 5.98. The molecule has 0 radical (unpaired) electrons. The number of halogens is 2. The molecule has 1 heterocycles. The van der Waals surface area contributed by atoms with Crippen LogP contribution in [0.2, 0.25) is 0 Å². The Morgan fingerprint density at radius 2 is 1.48 bits per heavy atom. The summed E-state index contributed by atoms with van der Waals surface area (Å²) in [5, 5.41) is 3.29. The van der Waals surface area contributed by atoms with Crippen LogP contribution in [-0.4, -0.2) is 39.5 Å². The zero-order valence-electron chi connectivity index (χ0n) is 22.2. The smallest absolute Gasteiger partial charge is 0.251 e. The van der Waals surface area contributed by atoms with E-state index in [0.29, 0.717) is 27.7 Å². The molecule has 1 aromatic heterocycles. The van der Waals surface area contributed by atoms with Crippen molar-refractivity contribution in [1.82, 2.24) is 14.9 Å². The van der Waals surface area contributed by atoms with Gasteiger partial charge in [-0.1, -0.05) is 36.0 Å². The van der Waals surface area contributed by atoms with Crippen LogP contribution >= 0.6 is 11.8 Å². The Hall–Kier alpha value is -4.31. The highest BCUT2D eigenvalue weighted by atomic mass is 32.2. The molecule has 1 unspecified atom stereocenters. The van der Waals surface area contributed by atoms with E-state index in [1.54, 1.807) is 36.4 Å². The summed E-state index contributed by atoms with van der Waals surface area (Å²) in [6.07, 6.45) is 0. The van der Waals surface area contributed by atoms with E-state index in [1.165, 1.54) is 48.4 Å². The molecule has 0 fully saturated rings. The first-order valence-corrected chi connectivity index (χ1v) is 13.4. The van der Waals surface area contributed by atoms with Crippen molar-refractivity contribution in [3.05, 3.63) is 113 Å². The highest BCUT2D eigenvalue weighted by molar-refractivity contribution is 7.99. The number of benzene rings is 3. The first-order chi connectivity index (χ1) is 19.2. The molecule has 0 spiro atoms. The third kappa shape index (κ3) is 7.63. The molecule has 7 nitrogen and oxygen atoms in total. The number of aromatic nitrogens is 2. The van der Waals surface area contributed by atoms with Crippen molar-refractivity contribution in [2.75, 3.05) is 18.2 Å². The summed E-state index contributed by atoms with van der Waals surface area (Å²) in [5.74, 6) is -1.21. The number of hydrogen-bond donors (Lipinski definition) is 1. The lowest BCUT2D eigenvalue weighted by atomic mass is 10.0. The van der Waals surface area contributed by atoms with Crippen molar-refractivity contribution in [2.45, 2.75) is 31.6 Å². The number of carbonyl (C=O) groups is 2. The summed E-state index contributed by atoms with van der Waals surface area (Å²) in [6, 6.07) is 18.6. The molecule has 0 saturated heterocycles. The molecule has 0 aliphatic heterocycles. The van der Waals surface area contributed by atoms with Crippen LogP contribution in [0, 0.1) is 25.5 Å². The number of nitrogens with one attached hydrogen (secondary N) is 1. The molecule has 4 rings (SSSR count). The van der Waals surface area contributed by atoms with Gasteiger partial charge in [0.25, 0.3) is 5.91 Å². The molecule has 10 heteroatoms. The third-order valence-corrected chi connectivity index (χ3v) is 6.81. The van der Waals surface area contributed by atoms with Gasteiger partial charge in [0.2, 0.25) is 5.91 Å². The maximum absolute atomic E-state index is 13.8. The van der Waals surface area contributed by atoms with Crippen LogP contribution in [0.5, 0.6) is 5.75 Å². The van der Waals surface area contributed by atoms with E-state index in [1.807, 2.05) is 19.9 Å². The Labute approximate surface area is 235 Å². The van der Waals surface area contributed by atoms with Gasteiger partial charge in [0, 0.05) is 23.6 Å². The zero-order valence-corrected chi connectivity index (χ0v) is 23.0. The molecule has 1 atom stereocenters. The molecule has 206 valence electrons. The van der Waals surface area contributed by atoms with Crippen molar-refractivity contribution in [3.8, 4) is 5.75 Å². The second kappa shape index (κ2) is 13.2. The molecular weight excluding hydrogens is 534 g/mol. The Kier molecular flexibility index (Phi) is 9.44. The maximum Gasteiger partial charge on any atom is 0.251 e. The summed E-state index contributed by atoms with van der Waals surface area (Å²) in [4.78, 5) is 37.7. The van der Waals surface area contributed by atoms with E-state index in [2.05, 4.69) is 15.3 Å². The second-order valence-electron chi connectivity index (χ2n) is 9.04. The number of aryl methyl sites for hydroxylation is 2. The monoisotopic (exact) mass is 562 g/mol. The predicted molar refractivity (Wildman–Crippen MR) is 150 cm³/mol. The molecule has 40 heavy (non-hydrogen) atoms. The number of ether oxygens (including phenoxy) is 1. The Balaban J connectivity index is 1.69. The number of anilines is 1. The van der Waals surface area contributed by atoms with Gasteiger partial charge in [0.05, 0.1) is 12.9 Å². The first-order valence-electron chi connectivity index (χ1n) is 12.4. The number of amides is 2. The SMILES string of the molecule is COc1ccc(NC(=O)C(c2ccc(F)cc2)N(Cc2ccc(F)cc2)C(=O)CSc2nc(C)cc(C)n2)cc1. The van der Waals surface area contributed by atoms with Gasteiger partial charge < -0.3 is 15.0 Å². The minimum Gasteiger partial charge on any atom is -0.497 e. The quantitative estimate of drug-likeness (QED) is 0.192. The van der Waals surface area contributed by atoms with Gasteiger partial charge in [-0.2, -0.15) is 0 Å². The first kappa shape index (κ1) is 28.7. The second-order valence-corrected chi connectivity index (χ2v) is 9.98. The number of methoxy groups -OCH3 is 1. The average Bonchev–Trinajstić information content (AvgIpc) is 2.93. The van der Waals surface area contributed by atoms with Crippen molar-refractivity contribution >= 4 is 29.3 Å². The normalized spacial score (nSPS) is 11.5. The Bertz CT molecular complexity index is 1450. The summed E-state index contributed by atoms with van der Waals surface area (Å²) in [5.41, 5.74) is 3.06. The van der Waals surface area contributed by atoms with Crippen LogP contribution in [0.4, 0.5) is 14.5 Å².